The highest BCUT2D eigenvalue weighted by Gasteiger charge is 2.32. The highest BCUT2D eigenvalue weighted by molar-refractivity contribution is 5.93. The summed E-state index contributed by atoms with van der Waals surface area (Å²) >= 11 is 0. The van der Waals surface area contributed by atoms with Gasteiger partial charge in [0.2, 0.25) is 5.91 Å². The van der Waals surface area contributed by atoms with Gasteiger partial charge in [0, 0.05) is 36.8 Å². The Labute approximate surface area is 196 Å². The highest BCUT2D eigenvalue weighted by Crippen LogP contribution is 2.29. The topological polar surface area (TPSA) is 105 Å². The van der Waals surface area contributed by atoms with Crippen LogP contribution in [0.2, 0.25) is 0 Å². The van der Waals surface area contributed by atoms with Gasteiger partial charge in [-0.25, -0.2) is 9.37 Å². The van der Waals surface area contributed by atoms with Crippen LogP contribution in [0.3, 0.4) is 0 Å². The molecule has 10 heteroatoms. The number of aromatic nitrogens is 4. The summed E-state index contributed by atoms with van der Waals surface area (Å²) in [5.41, 5.74) is 3.94. The van der Waals surface area contributed by atoms with Gasteiger partial charge in [-0.3, -0.25) is 14.7 Å². The number of likely N-dealkylation sites (tertiary alicyclic amines) is 1. The summed E-state index contributed by atoms with van der Waals surface area (Å²) in [6.45, 7) is 4.15. The fraction of sp³-hybridized carbons (Fsp3) is 0.417. The average Bonchev–Trinajstić information content (AvgIpc) is 3.48. The highest BCUT2D eigenvalue weighted by atomic mass is 19.1. The Balaban J connectivity index is 1.16. The molecule has 2 aliphatic rings. The van der Waals surface area contributed by atoms with Crippen LogP contribution >= 0.6 is 0 Å². The predicted octanol–water partition coefficient (Wildman–Crippen LogP) is 2.49. The van der Waals surface area contributed by atoms with Crippen molar-refractivity contribution in [1.82, 2.24) is 30.0 Å². The number of piperidine rings is 1. The van der Waals surface area contributed by atoms with E-state index in [-0.39, 0.29) is 36.3 Å². The molecular formula is C24H27FN6O3. The Bertz CT molecular complexity index is 1180. The molecule has 2 aromatic heterocycles. The fourth-order valence-electron chi connectivity index (χ4n) is 4.56. The van der Waals surface area contributed by atoms with Crippen molar-refractivity contribution >= 4 is 11.8 Å². The lowest BCUT2D eigenvalue weighted by molar-refractivity contribution is -0.126. The van der Waals surface area contributed by atoms with Crippen molar-refractivity contribution in [1.29, 1.82) is 0 Å². The van der Waals surface area contributed by atoms with E-state index in [1.807, 2.05) is 11.5 Å². The van der Waals surface area contributed by atoms with Crippen LogP contribution in [0, 0.1) is 18.7 Å². The summed E-state index contributed by atoms with van der Waals surface area (Å²) in [6, 6.07) is 6.26. The number of ether oxygens (including phenoxy) is 1. The zero-order valence-electron chi connectivity index (χ0n) is 19.0. The normalized spacial score (nSPS) is 18.5. The Hall–Kier alpha value is -3.53. The number of benzene rings is 1. The second kappa shape index (κ2) is 9.38. The average molecular weight is 467 g/mol. The van der Waals surface area contributed by atoms with E-state index in [0.29, 0.717) is 44.7 Å². The standard InChI is InChI=1S/C24H27FN6O3/c1-15-18(11-28-29-15)10-26-23(32)17-6-8-30(9-7-17)24(33)22-20-13-34-21(12-31(20)14-27-22)16-2-4-19(25)5-3-16/h2-5,11,14,17,21H,6-10,12-13H2,1H3,(H,26,32)(H,28,29)/t21-/m1/s1. The first-order valence-electron chi connectivity index (χ1n) is 11.5. The molecule has 0 aliphatic carbocycles. The van der Waals surface area contributed by atoms with Crippen LogP contribution in [-0.4, -0.2) is 49.6 Å². The summed E-state index contributed by atoms with van der Waals surface area (Å²) in [4.78, 5) is 31.9. The minimum Gasteiger partial charge on any atom is -0.365 e. The first kappa shape index (κ1) is 22.3. The number of aromatic amines is 1. The molecule has 2 amide bonds. The summed E-state index contributed by atoms with van der Waals surface area (Å²) < 4.78 is 21.1. The van der Waals surface area contributed by atoms with E-state index in [2.05, 4.69) is 20.5 Å². The monoisotopic (exact) mass is 466 g/mol. The summed E-state index contributed by atoms with van der Waals surface area (Å²) in [7, 11) is 0. The number of hydrogen-bond donors (Lipinski definition) is 2. The van der Waals surface area contributed by atoms with Crippen molar-refractivity contribution in [3.8, 4) is 0 Å². The number of hydrogen-bond acceptors (Lipinski definition) is 5. The maximum Gasteiger partial charge on any atom is 0.274 e. The van der Waals surface area contributed by atoms with Crippen molar-refractivity contribution in [3.63, 3.8) is 0 Å². The van der Waals surface area contributed by atoms with E-state index in [0.717, 1.165) is 22.5 Å². The van der Waals surface area contributed by atoms with Gasteiger partial charge < -0.3 is 19.5 Å². The van der Waals surface area contributed by atoms with Crippen molar-refractivity contribution in [3.05, 3.63) is 70.8 Å². The van der Waals surface area contributed by atoms with Crippen LogP contribution in [0.25, 0.3) is 0 Å². The molecule has 0 spiro atoms. The van der Waals surface area contributed by atoms with Crippen molar-refractivity contribution < 1.29 is 18.7 Å². The Morgan fingerprint density at radius 2 is 2.00 bits per heavy atom. The largest absolute Gasteiger partial charge is 0.365 e. The summed E-state index contributed by atoms with van der Waals surface area (Å²) in [5, 5.41) is 9.80. The Kier molecular flexibility index (Phi) is 6.14. The molecule has 5 rings (SSSR count). The van der Waals surface area contributed by atoms with Gasteiger partial charge in [-0.05, 0) is 37.5 Å². The molecule has 1 aromatic carbocycles. The molecule has 1 fully saturated rings. The quantitative estimate of drug-likeness (QED) is 0.601. The number of rotatable bonds is 5. The number of nitrogens with one attached hydrogen (secondary N) is 2. The number of fused-ring (bicyclic) bond motifs is 1. The minimum absolute atomic E-state index is 0.00676. The first-order valence-corrected chi connectivity index (χ1v) is 11.5. The van der Waals surface area contributed by atoms with Crippen LogP contribution in [0.4, 0.5) is 4.39 Å². The van der Waals surface area contributed by atoms with Crippen molar-refractivity contribution in [2.45, 2.75) is 45.6 Å². The van der Waals surface area contributed by atoms with Crippen LogP contribution < -0.4 is 5.32 Å². The van der Waals surface area contributed by atoms with Gasteiger partial charge in [-0.15, -0.1) is 0 Å². The lowest BCUT2D eigenvalue weighted by Gasteiger charge is -2.31. The van der Waals surface area contributed by atoms with Gasteiger partial charge in [0.25, 0.3) is 5.91 Å². The van der Waals surface area contributed by atoms with E-state index < -0.39 is 0 Å². The van der Waals surface area contributed by atoms with E-state index in [9.17, 15) is 14.0 Å². The number of nitrogens with zero attached hydrogens (tertiary/aromatic N) is 4. The molecule has 178 valence electrons. The molecule has 0 saturated carbocycles. The van der Waals surface area contributed by atoms with Gasteiger partial charge in [0.05, 0.1) is 31.4 Å². The zero-order chi connectivity index (χ0) is 23.7. The number of halogens is 1. The number of carbonyl (C=O) groups excluding carboxylic acids is 2. The number of carbonyl (C=O) groups is 2. The van der Waals surface area contributed by atoms with Crippen LogP contribution in [0.5, 0.6) is 0 Å². The number of imidazole rings is 1. The first-order chi connectivity index (χ1) is 16.5. The van der Waals surface area contributed by atoms with E-state index in [4.69, 9.17) is 4.74 Å². The second-order valence-electron chi connectivity index (χ2n) is 8.85. The fourth-order valence-corrected chi connectivity index (χ4v) is 4.56. The van der Waals surface area contributed by atoms with Gasteiger partial charge in [0.1, 0.15) is 11.9 Å². The molecule has 4 heterocycles. The van der Waals surface area contributed by atoms with E-state index >= 15 is 0 Å². The molecule has 0 radical (unpaired) electrons. The molecule has 1 atom stereocenters. The maximum absolute atomic E-state index is 13.2. The van der Waals surface area contributed by atoms with Gasteiger partial charge in [-0.2, -0.15) is 5.10 Å². The molecule has 0 unspecified atom stereocenters. The smallest absolute Gasteiger partial charge is 0.274 e. The predicted molar refractivity (Wildman–Crippen MR) is 120 cm³/mol. The molecule has 3 aromatic rings. The van der Waals surface area contributed by atoms with Crippen LogP contribution in [0.15, 0.2) is 36.8 Å². The van der Waals surface area contributed by atoms with E-state index in [1.54, 1.807) is 29.6 Å². The maximum atomic E-state index is 13.2. The number of H-pyrrole nitrogens is 1. The molecule has 0 bridgehead atoms. The van der Waals surface area contributed by atoms with Gasteiger partial charge >= 0.3 is 0 Å². The SMILES string of the molecule is Cc1[nH]ncc1CNC(=O)C1CCN(C(=O)c2ncn3c2CO[C@@H](c2ccc(F)cc2)C3)CC1. The van der Waals surface area contributed by atoms with Crippen LogP contribution in [-0.2, 0) is 29.2 Å². The van der Waals surface area contributed by atoms with Crippen LogP contribution in [0.1, 0.15) is 51.9 Å². The number of aryl methyl sites for hydroxylation is 1. The lowest BCUT2D eigenvalue weighted by Crippen LogP contribution is -2.43. The third kappa shape index (κ3) is 4.45. The second-order valence-corrected chi connectivity index (χ2v) is 8.85. The minimum atomic E-state index is -0.287. The molecule has 34 heavy (non-hydrogen) atoms. The Morgan fingerprint density at radius 1 is 1.24 bits per heavy atom. The lowest BCUT2D eigenvalue weighted by atomic mass is 9.95. The van der Waals surface area contributed by atoms with E-state index in [1.165, 1.54) is 12.1 Å². The van der Waals surface area contributed by atoms with Gasteiger partial charge in [-0.1, -0.05) is 12.1 Å². The molecular weight excluding hydrogens is 439 g/mol. The van der Waals surface area contributed by atoms with Crippen molar-refractivity contribution in [2.75, 3.05) is 13.1 Å². The summed E-state index contributed by atoms with van der Waals surface area (Å²) in [6.07, 6.45) is 4.39. The molecule has 2 aliphatic heterocycles. The Morgan fingerprint density at radius 3 is 2.71 bits per heavy atom. The van der Waals surface area contributed by atoms with Crippen molar-refractivity contribution in [2.24, 2.45) is 5.92 Å². The zero-order valence-corrected chi connectivity index (χ0v) is 19.0. The third-order valence-electron chi connectivity index (χ3n) is 6.71. The molecule has 9 nitrogen and oxygen atoms in total. The number of amides is 2. The molecule has 2 N–H and O–H groups in total. The third-order valence-corrected chi connectivity index (χ3v) is 6.71. The summed E-state index contributed by atoms with van der Waals surface area (Å²) in [5.74, 6) is -0.533. The molecule has 1 saturated heterocycles. The van der Waals surface area contributed by atoms with Gasteiger partial charge in [0.15, 0.2) is 5.69 Å².